The maximum absolute atomic E-state index is 12.5. The SMILES string of the molecule is O=C(NC(C(=O)O)c1ccccc1OC(F)(F)F)OCc1ccccc1. The number of hydrogen-bond acceptors (Lipinski definition) is 4. The first-order chi connectivity index (χ1) is 12.3. The molecule has 1 unspecified atom stereocenters. The fraction of sp³-hybridized carbons (Fsp3) is 0.176. The van der Waals surface area contributed by atoms with Gasteiger partial charge in [-0.3, -0.25) is 0 Å². The van der Waals surface area contributed by atoms with Crippen LogP contribution in [0.4, 0.5) is 18.0 Å². The molecule has 2 rings (SSSR count). The number of amides is 1. The maximum Gasteiger partial charge on any atom is 0.573 e. The third-order valence-electron chi connectivity index (χ3n) is 3.18. The van der Waals surface area contributed by atoms with Crippen LogP contribution in [-0.4, -0.2) is 23.5 Å². The van der Waals surface area contributed by atoms with Crippen molar-refractivity contribution >= 4 is 12.1 Å². The summed E-state index contributed by atoms with van der Waals surface area (Å²) in [6.45, 7) is -0.125. The highest BCUT2D eigenvalue weighted by atomic mass is 19.4. The number of nitrogens with one attached hydrogen (secondary N) is 1. The van der Waals surface area contributed by atoms with Crippen molar-refractivity contribution in [3.63, 3.8) is 0 Å². The predicted molar refractivity (Wildman–Crippen MR) is 83.3 cm³/mol. The lowest BCUT2D eigenvalue weighted by atomic mass is 10.1. The number of benzene rings is 2. The van der Waals surface area contributed by atoms with E-state index in [0.29, 0.717) is 5.56 Å². The van der Waals surface area contributed by atoms with Gasteiger partial charge in [0.2, 0.25) is 0 Å². The normalized spacial score (nSPS) is 12.1. The molecule has 1 amide bonds. The van der Waals surface area contributed by atoms with Crippen LogP contribution in [0.15, 0.2) is 54.6 Å². The van der Waals surface area contributed by atoms with Gasteiger partial charge < -0.3 is 19.9 Å². The molecule has 26 heavy (non-hydrogen) atoms. The molecule has 2 aromatic rings. The number of para-hydroxylation sites is 1. The van der Waals surface area contributed by atoms with Crippen molar-refractivity contribution in [2.24, 2.45) is 0 Å². The third kappa shape index (κ3) is 5.69. The van der Waals surface area contributed by atoms with Gasteiger partial charge >= 0.3 is 18.4 Å². The van der Waals surface area contributed by atoms with Gasteiger partial charge in [-0.15, -0.1) is 13.2 Å². The minimum absolute atomic E-state index is 0.125. The molecule has 0 spiro atoms. The molecule has 1 atom stereocenters. The molecule has 0 aliphatic heterocycles. The van der Waals surface area contributed by atoms with Gasteiger partial charge in [-0.2, -0.15) is 0 Å². The van der Waals surface area contributed by atoms with E-state index in [4.69, 9.17) is 4.74 Å². The molecule has 0 bridgehead atoms. The van der Waals surface area contributed by atoms with E-state index in [-0.39, 0.29) is 12.2 Å². The number of alkyl halides is 3. The molecule has 0 saturated carbocycles. The molecule has 0 saturated heterocycles. The first-order valence-corrected chi connectivity index (χ1v) is 7.31. The molecule has 0 aliphatic carbocycles. The predicted octanol–water partition coefficient (Wildman–Crippen LogP) is 3.64. The standard InChI is InChI=1S/C17H14F3NO5/c18-17(19,20)26-13-9-5-4-8-12(13)14(15(22)23)21-16(24)25-10-11-6-2-1-3-7-11/h1-9,14H,10H2,(H,21,24)(H,22,23). The topological polar surface area (TPSA) is 84.9 Å². The molecule has 0 heterocycles. The van der Waals surface area contributed by atoms with Crippen molar-refractivity contribution in [2.45, 2.75) is 19.0 Å². The molecular formula is C17H14F3NO5. The van der Waals surface area contributed by atoms with Crippen molar-refractivity contribution in [2.75, 3.05) is 0 Å². The molecule has 0 fully saturated rings. The van der Waals surface area contributed by atoms with E-state index < -0.39 is 30.2 Å². The van der Waals surface area contributed by atoms with Gasteiger partial charge in [0.25, 0.3) is 0 Å². The van der Waals surface area contributed by atoms with E-state index in [0.717, 1.165) is 12.1 Å². The number of alkyl carbamates (subject to hydrolysis) is 1. The Morgan fingerprint density at radius 1 is 1.04 bits per heavy atom. The Bertz CT molecular complexity index is 764. The maximum atomic E-state index is 12.5. The minimum atomic E-state index is -5.01. The van der Waals surface area contributed by atoms with Gasteiger partial charge in [0.05, 0.1) is 0 Å². The average molecular weight is 369 g/mol. The van der Waals surface area contributed by atoms with Crippen molar-refractivity contribution in [3.05, 3.63) is 65.7 Å². The number of carbonyl (C=O) groups excluding carboxylic acids is 1. The highest BCUT2D eigenvalue weighted by Crippen LogP contribution is 2.30. The van der Waals surface area contributed by atoms with Crippen LogP contribution in [0.3, 0.4) is 0 Å². The Kier molecular flexibility index (Phi) is 6.05. The fourth-order valence-electron chi connectivity index (χ4n) is 2.09. The van der Waals surface area contributed by atoms with Crippen molar-refractivity contribution < 1.29 is 37.3 Å². The molecule has 138 valence electrons. The van der Waals surface area contributed by atoms with Gasteiger partial charge in [0, 0.05) is 5.56 Å². The van der Waals surface area contributed by atoms with Crippen LogP contribution in [0.2, 0.25) is 0 Å². The van der Waals surface area contributed by atoms with E-state index in [1.165, 1.54) is 12.1 Å². The van der Waals surface area contributed by atoms with Crippen LogP contribution in [0.5, 0.6) is 5.75 Å². The third-order valence-corrected chi connectivity index (χ3v) is 3.18. The second kappa shape index (κ2) is 8.24. The van der Waals surface area contributed by atoms with Crippen LogP contribution < -0.4 is 10.1 Å². The van der Waals surface area contributed by atoms with Gasteiger partial charge in [-0.05, 0) is 11.6 Å². The molecule has 2 aromatic carbocycles. The van der Waals surface area contributed by atoms with Crippen LogP contribution in [-0.2, 0) is 16.1 Å². The number of ether oxygens (including phenoxy) is 2. The molecule has 0 aliphatic rings. The lowest BCUT2D eigenvalue weighted by Crippen LogP contribution is -2.34. The van der Waals surface area contributed by atoms with Crippen LogP contribution in [0, 0.1) is 0 Å². The summed E-state index contributed by atoms with van der Waals surface area (Å²) in [7, 11) is 0. The van der Waals surface area contributed by atoms with E-state index in [9.17, 15) is 27.9 Å². The van der Waals surface area contributed by atoms with E-state index in [1.807, 2.05) is 5.32 Å². The van der Waals surface area contributed by atoms with E-state index in [2.05, 4.69) is 4.74 Å². The van der Waals surface area contributed by atoms with E-state index >= 15 is 0 Å². The summed E-state index contributed by atoms with van der Waals surface area (Å²) >= 11 is 0. The first kappa shape index (κ1) is 19.1. The molecule has 0 radical (unpaired) electrons. The van der Waals surface area contributed by atoms with Crippen LogP contribution in [0.1, 0.15) is 17.2 Å². The van der Waals surface area contributed by atoms with Crippen molar-refractivity contribution in [1.82, 2.24) is 5.32 Å². The first-order valence-electron chi connectivity index (χ1n) is 7.31. The van der Waals surface area contributed by atoms with Crippen molar-refractivity contribution in [3.8, 4) is 5.75 Å². The van der Waals surface area contributed by atoms with Gasteiger partial charge in [0.15, 0.2) is 6.04 Å². The largest absolute Gasteiger partial charge is 0.573 e. The molecule has 9 heteroatoms. The zero-order valence-electron chi connectivity index (χ0n) is 13.2. The number of aliphatic carboxylic acids is 1. The Labute approximate surface area is 146 Å². The lowest BCUT2D eigenvalue weighted by molar-refractivity contribution is -0.275. The summed E-state index contributed by atoms with van der Waals surface area (Å²) < 4.78 is 46.1. The number of rotatable bonds is 6. The minimum Gasteiger partial charge on any atom is -0.479 e. The Morgan fingerprint density at radius 3 is 2.27 bits per heavy atom. The summed E-state index contributed by atoms with van der Waals surface area (Å²) in [6.07, 6.45) is -6.10. The average Bonchev–Trinajstić information content (AvgIpc) is 2.58. The summed E-state index contributed by atoms with van der Waals surface area (Å²) in [4.78, 5) is 23.3. The van der Waals surface area contributed by atoms with Crippen molar-refractivity contribution in [1.29, 1.82) is 0 Å². The molecule has 0 aromatic heterocycles. The summed E-state index contributed by atoms with van der Waals surface area (Å²) in [5.41, 5.74) is 0.296. The molecule has 6 nitrogen and oxygen atoms in total. The number of hydrogen-bond donors (Lipinski definition) is 2. The van der Waals surface area contributed by atoms with Crippen LogP contribution in [0.25, 0.3) is 0 Å². The van der Waals surface area contributed by atoms with Gasteiger partial charge in [0.1, 0.15) is 12.4 Å². The lowest BCUT2D eigenvalue weighted by Gasteiger charge is -2.19. The molecular weight excluding hydrogens is 355 g/mol. The second-order valence-corrected chi connectivity index (χ2v) is 5.06. The monoisotopic (exact) mass is 369 g/mol. The number of carboxylic acids is 1. The fourth-order valence-corrected chi connectivity index (χ4v) is 2.09. The van der Waals surface area contributed by atoms with Gasteiger partial charge in [-0.25, -0.2) is 9.59 Å². The highest BCUT2D eigenvalue weighted by Gasteiger charge is 2.34. The zero-order valence-corrected chi connectivity index (χ0v) is 13.2. The van der Waals surface area contributed by atoms with Crippen LogP contribution >= 0.6 is 0 Å². The summed E-state index contributed by atoms with van der Waals surface area (Å²) in [5, 5.41) is 11.3. The summed E-state index contributed by atoms with van der Waals surface area (Å²) in [6, 6.07) is 11.4. The van der Waals surface area contributed by atoms with Gasteiger partial charge in [-0.1, -0.05) is 48.5 Å². The summed E-state index contributed by atoms with van der Waals surface area (Å²) in [5.74, 6) is -2.30. The smallest absolute Gasteiger partial charge is 0.479 e. The zero-order chi connectivity index (χ0) is 19.2. The Balaban J connectivity index is 2.11. The van der Waals surface area contributed by atoms with E-state index in [1.54, 1.807) is 30.3 Å². The number of carbonyl (C=O) groups is 2. The Morgan fingerprint density at radius 2 is 1.65 bits per heavy atom. The quantitative estimate of drug-likeness (QED) is 0.812. The number of halogens is 3. The molecule has 2 N–H and O–H groups in total. The second-order valence-electron chi connectivity index (χ2n) is 5.06. The highest BCUT2D eigenvalue weighted by molar-refractivity contribution is 5.82. The number of carboxylic acid groups (broad SMARTS) is 1. The Hall–Kier alpha value is -3.23.